The average molecular weight is 337 g/mol. The van der Waals surface area contributed by atoms with E-state index >= 15 is 0 Å². The van der Waals surface area contributed by atoms with Crippen molar-refractivity contribution < 1.29 is 4.79 Å². The molecule has 5 nitrogen and oxygen atoms in total. The molecule has 0 aliphatic rings. The molecule has 0 saturated carbocycles. The van der Waals surface area contributed by atoms with Crippen LogP contribution >= 0.6 is 15.9 Å². The van der Waals surface area contributed by atoms with E-state index in [4.69, 9.17) is 0 Å². The molecule has 0 unspecified atom stereocenters. The summed E-state index contributed by atoms with van der Waals surface area (Å²) in [5.74, 6) is 0.689. The molecule has 1 aromatic carbocycles. The lowest BCUT2D eigenvalue weighted by atomic mass is 10.0. The number of amides is 1. The molecule has 2 aromatic rings. The van der Waals surface area contributed by atoms with Gasteiger partial charge >= 0.3 is 0 Å². The van der Waals surface area contributed by atoms with E-state index in [9.17, 15) is 4.79 Å². The van der Waals surface area contributed by atoms with Gasteiger partial charge in [0.25, 0.3) is 0 Å². The zero-order valence-corrected chi connectivity index (χ0v) is 13.1. The summed E-state index contributed by atoms with van der Waals surface area (Å²) in [4.78, 5) is 16.1. The van der Waals surface area contributed by atoms with Crippen molar-refractivity contribution in [3.8, 4) is 0 Å². The Kier molecular flexibility index (Phi) is 4.89. The molecule has 1 N–H and O–H groups in total. The zero-order valence-electron chi connectivity index (χ0n) is 11.5. The Hall–Kier alpha value is -1.69. The van der Waals surface area contributed by atoms with Crippen LogP contribution in [0.4, 0.5) is 0 Å². The molecule has 1 heterocycles. The van der Waals surface area contributed by atoms with E-state index in [1.165, 1.54) is 6.33 Å². The van der Waals surface area contributed by atoms with Gasteiger partial charge in [0.1, 0.15) is 12.2 Å². The Labute approximate surface area is 126 Å². The average Bonchev–Trinajstić information content (AvgIpc) is 2.84. The highest BCUT2D eigenvalue weighted by molar-refractivity contribution is 9.10. The minimum absolute atomic E-state index is 0.0240. The van der Waals surface area contributed by atoms with Gasteiger partial charge in [0.2, 0.25) is 5.91 Å². The van der Waals surface area contributed by atoms with Crippen molar-refractivity contribution >= 4 is 21.8 Å². The number of hydrogen-bond acceptors (Lipinski definition) is 3. The van der Waals surface area contributed by atoms with E-state index in [-0.39, 0.29) is 11.8 Å². The number of carbonyl (C=O) groups is 1. The largest absolute Gasteiger partial charge is 0.349 e. The van der Waals surface area contributed by atoms with Gasteiger partial charge in [-0.2, -0.15) is 5.10 Å². The number of aryl methyl sites for hydroxylation is 1. The summed E-state index contributed by atoms with van der Waals surface area (Å²) in [5.41, 5.74) is 1.15. The Morgan fingerprint density at radius 2 is 2.10 bits per heavy atom. The molecule has 0 aliphatic carbocycles. The lowest BCUT2D eigenvalue weighted by Gasteiger charge is -2.12. The summed E-state index contributed by atoms with van der Waals surface area (Å²) in [5, 5.41) is 6.85. The fraction of sp³-hybridized carbons (Fsp3) is 0.357. The second kappa shape index (κ2) is 6.65. The quantitative estimate of drug-likeness (QED) is 0.909. The van der Waals surface area contributed by atoms with Crippen molar-refractivity contribution in [2.24, 2.45) is 13.0 Å². The summed E-state index contributed by atoms with van der Waals surface area (Å²) in [6.45, 7) is 2.33. The molecule has 0 fully saturated rings. The molecule has 1 amide bonds. The van der Waals surface area contributed by atoms with Gasteiger partial charge in [0, 0.05) is 17.4 Å². The molecule has 20 heavy (non-hydrogen) atoms. The maximum atomic E-state index is 12.0. The van der Waals surface area contributed by atoms with E-state index in [0.29, 0.717) is 6.54 Å². The van der Waals surface area contributed by atoms with Gasteiger partial charge in [-0.25, -0.2) is 4.98 Å². The van der Waals surface area contributed by atoms with Crippen molar-refractivity contribution in [2.45, 2.75) is 19.9 Å². The van der Waals surface area contributed by atoms with Gasteiger partial charge in [-0.05, 0) is 24.1 Å². The second-order valence-electron chi connectivity index (χ2n) is 4.75. The standard InChI is InChI=1S/C14H17BrN4O/c1-10(7-11-3-5-12(15)6-4-11)14(20)16-8-13-17-9-18-19(13)2/h3-6,9-10H,7-8H2,1-2H3,(H,16,20)/t10-/m0/s1. The van der Waals surface area contributed by atoms with Crippen molar-refractivity contribution in [1.82, 2.24) is 20.1 Å². The number of benzene rings is 1. The number of rotatable bonds is 5. The molecule has 2 rings (SSSR count). The Balaban J connectivity index is 1.86. The number of halogens is 1. The molecular weight excluding hydrogens is 320 g/mol. The first-order chi connectivity index (χ1) is 9.56. The highest BCUT2D eigenvalue weighted by Crippen LogP contribution is 2.14. The molecule has 6 heteroatoms. The third-order valence-corrected chi connectivity index (χ3v) is 3.66. The van der Waals surface area contributed by atoms with Crippen LogP contribution in [-0.2, 0) is 24.8 Å². The lowest BCUT2D eigenvalue weighted by molar-refractivity contribution is -0.124. The van der Waals surface area contributed by atoms with Crippen LogP contribution in [0.2, 0.25) is 0 Å². The van der Waals surface area contributed by atoms with E-state index in [1.807, 2.05) is 31.2 Å². The third-order valence-electron chi connectivity index (χ3n) is 3.13. The first kappa shape index (κ1) is 14.7. The van der Waals surface area contributed by atoms with Gasteiger partial charge in [-0.15, -0.1) is 0 Å². The predicted molar refractivity (Wildman–Crippen MR) is 79.9 cm³/mol. The zero-order chi connectivity index (χ0) is 14.5. The highest BCUT2D eigenvalue weighted by Gasteiger charge is 2.14. The maximum Gasteiger partial charge on any atom is 0.223 e. The Bertz CT molecular complexity index is 579. The summed E-state index contributed by atoms with van der Waals surface area (Å²) in [6, 6.07) is 8.02. The minimum Gasteiger partial charge on any atom is -0.349 e. The molecule has 0 radical (unpaired) electrons. The summed E-state index contributed by atoms with van der Waals surface area (Å²) in [6.07, 6.45) is 2.20. The second-order valence-corrected chi connectivity index (χ2v) is 5.66. The van der Waals surface area contributed by atoms with Crippen LogP contribution in [0, 0.1) is 5.92 Å². The summed E-state index contributed by atoms with van der Waals surface area (Å²) < 4.78 is 2.69. The van der Waals surface area contributed by atoms with E-state index in [0.717, 1.165) is 22.3 Å². The number of nitrogens with zero attached hydrogens (tertiary/aromatic N) is 3. The van der Waals surface area contributed by atoms with Crippen LogP contribution in [0.3, 0.4) is 0 Å². The SMILES string of the molecule is C[C@@H](Cc1ccc(Br)cc1)C(=O)NCc1ncnn1C. The Morgan fingerprint density at radius 3 is 2.70 bits per heavy atom. The topological polar surface area (TPSA) is 59.8 Å². The number of hydrogen-bond donors (Lipinski definition) is 1. The molecule has 106 valence electrons. The first-order valence-corrected chi connectivity index (χ1v) is 7.20. The fourth-order valence-corrected chi connectivity index (χ4v) is 2.15. The van der Waals surface area contributed by atoms with E-state index < -0.39 is 0 Å². The van der Waals surface area contributed by atoms with Crippen LogP contribution in [-0.4, -0.2) is 20.7 Å². The van der Waals surface area contributed by atoms with Crippen molar-refractivity contribution in [3.05, 3.63) is 46.5 Å². The summed E-state index contributed by atoms with van der Waals surface area (Å²) in [7, 11) is 1.81. The molecule has 0 saturated heterocycles. The van der Waals surface area contributed by atoms with Gasteiger partial charge in [-0.3, -0.25) is 9.48 Å². The molecule has 1 atom stereocenters. The van der Waals surface area contributed by atoms with Crippen molar-refractivity contribution in [2.75, 3.05) is 0 Å². The van der Waals surface area contributed by atoms with Gasteiger partial charge in [-0.1, -0.05) is 35.0 Å². The monoisotopic (exact) mass is 336 g/mol. The first-order valence-electron chi connectivity index (χ1n) is 6.41. The molecule has 0 spiro atoms. The summed E-state index contributed by atoms with van der Waals surface area (Å²) >= 11 is 3.40. The number of nitrogens with one attached hydrogen (secondary N) is 1. The van der Waals surface area contributed by atoms with Gasteiger partial charge in [0.15, 0.2) is 0 Å². The third kappa shape index (κ3) is 3.90. The predicted octanol–water partition coefficient (Wildman–Crippen LogP) is 2.07. The molecular formula is C14H17BrN4O. The van der Waals surface area contributed by atoms with E-state index in [1.54, 1.807) is 11.7 Å². The number of carbonyl (C=O) groups excluding carboxylic acids is 1. The number of aromatic nitrogens is 3. The fourth-order valence-electron chi connectivity index (χ4n) is 1.89. The highest BCUT2D eigenvalue weighted by atomic mass is 79.9. The van der Waals surface area contributed by atoms with E-state index in [2.05, 4.69) is 31.3 Å². The van der Waals surface area contributed by atoms with Crippen LogP contribution < -0.4 is 5.32 Å². The van der Waals surface area contributed by atoms with Crippen LogP contribution in [0.5, 0.6) is 0 Å². The van der Waals surface area contributed by atoms with Crippen molar-refractivity contribution in [1.29, 1.82) is 0 Å². The molecule has 1 aromatic heterocycles. The van der Waals surface area contributed by atoms with Gasteiger partial charge in [0.05, 0.1) is 6.54 Å². The van der Waals surface area contributed by atoms with Crippen LogP contribution in [0.25, 0.3) is 0 Å². The van der Waals surface area contributed by atoms with Crippen LogP contribution in [0.1, 0.15) is 18.3 Å². The normalized spacial score (nSPS) is 12.2. The molecule has 0 bridgehead atoms. The molecule has 0 aliphatic heterocycles. The van der Waals surface area contributed by atoms with Crippen molar-refractivity contribution in [3.63, 3.8) is 0 Å². The van der Waals surface area contributed by atoms with Crippen LogP contribution in [0.15, 0.2) is 35.1 Å². The smallest absolute Gasteiger partial charge is 0.223 e. The lowest BCUT2D eigenvalue weighted by Crippen LogP contribution is -2.30. The Morgan fingerprint density at radius 1 is 1.40 bits per heavy atom. The minimum atomic E-state index is -0.0793. The maximum absolute atomic E-state index is 12.0. The van der Waals surface area contributed by atoms with Gasteiger partial charge < -0.3 is 5.32 Å².